The number of rotatable bonds is 1. The van der Waals surface area contributed by atoms with E-state index in [4.69, 9.17) is 21.1 Å². The van der Waals surface area contributed by atoms with Crippen LogP contribution in [0.4, 0.5) is 0 Å². The monoisotopic (exact) mass is 198 g/mol. The van der Waals surface area contributed by atoms with Crippen LogP contribution in [0.3, 0.4) is 0 Å². The van der Waals surface area contributed by atoms with Gasteiger partial charge in [-0.05, 0) is 12.1 Å². The van der Waals surface area contributed by atoms with Gasteiger partial charge in [-0.2, -0.15) is 0 Å². The number of carbonyl (C=O) groups excluding carboxylic acids is 1. The van der Waals surface area contributed by atoms with Gasteiger partial charge in [-0.1, -0.05) is 11.6 Å². The van der Waals surface area contributed by atoms with Crippen molar-refractivity contribution < 1.29 is 14.3 Å². The van der Waals surface area contributed by atoms with Crippen LogP contribution in [-0.4, -0.2) is 19.5 Å². The van der Waals surface area contributed by atoms with E-state index in [1.54, 1.807) is 12.1 Å². The molecule has 2 rings (SSSR count). The van der Waals surface area contributed by atoms with Crippen molar-refractivity contribution in [3.63, 3.8) is 0 Å². The highest BCUT2D eigenvalue weighted by atomic mass is 35.5. The minimum absolute atomic E-state index is 0.326. The lowest BCUT2D eigenvalue weighted by Crippen LogP contribution is -2.15. The maximum absolute atomic E-state index is 10.5. The van der Waals surface area contributed by atoms with E-state index in [-0.39, 0.29) is 0 Å². The third-order valence-electron chi connectivity index (χ3n) is 1.81. The largest absolute Gasteiger partial charge is 0.486 e. The minimum Gasteiger partial charge on any atom is -0.486 e. The van der Waals surface area contributed by atoms with E-state index in [1.165, 1.54) is 0 Å². The van der Waals surface area contributed by atoms with Crippen molar-refractivity contribution >= 4 is 17.9 Å². The zero-order valence-electron chi connectivity index (χ0n) is 6.75. The summed E-state index contributed by atoms with van der Waals surface area (Å²) in [4.78, 5) is 10.5. The summed E-state index contributed by atoms with van der Waals surface area (Å²) in [5.41, 5.74) is 0.422. The highest BCUT2D eigenvalue weighted by Gasteiger charge is 2.17. The van der Waals surface area contributed by atoms with Crippen LogP contribution in [0.1, 0.15) is 10.4 Å². The molecule has 3 nitrogen and oxygen atoms in total. The van der Waals surface area contributed by atoms with Crippen LogP contribution in [0.5, 0.6) is 11.5 Å². The molecule has 68 valence electrons. The second-order valence-corrected chi connectivity index (χ2v) is 2.99. The summed E-state index contributed by atoms with van der Waals surface area (Å²) in [5.74, 6) is 1.07. The molecule has 1 heterocycles. The van der Waals surface area contributed by atoms with Crippen LogP contribution in [-0.2, 0) is 0 Å². The summed E-state index contributed by atoms with van der Waals surface area (Å²) in [6.45, 7) is 0.985. The van der Waals surface area contributed by atoms with Crippen molar-refractivity contribution in [2.24, 2.45) is 0 Å². The Morgan fingerprint density at radius 3 is 2.85 bits per heavy atom. The van der Waals surface area contributed by atoms with Crippen LogP contribution >= 0.6 is 11.6 Å². The first-order valence-corrected chi connectivity index (χ1v) is 4.24. The molecule has 0 N–H and O–H groups in total. The Morgan fingerprint density at radius 1 is 1.31 bits per heavy atom. The molecule has 0 fully saturated rings. The van der Waals surface area contributed by atoms with Gasteiger partial charge in [-0.15, -0.1) is 0 Å². The molecule has 1 aromatic carbocycles. The van der Waals surface area contributed by atoms with Crippen LogP contribution in [0.25, 0.3) is 0 Å². The second kappa shape index (κ2) is 3.26. The van der Waals surface area contributed by atoms with Gasteiger partial charge in [0.15, 0.2) is 17.8 Å². The Labute approximate surface area is 80.2 Å². The quantitative estimate of drug-likeness (QED) is 0.647. The van der Waals surface area contributed by atoms with Crippen LogP contribution in [0.15, 0.2) is 12.1 Å². The van der Waals surface area contributed by atoms with Gasteiger partial charge in [-0.25, -0.2) is 0 Å². The summed E-state index contributed by atoms with van der Waals surface area (Å²) in [6, 6.07) is 3.30. The van der Waals surface area contributed by atoms with Gasteiger partial charge in [0.1, 0.15) is 13.2 Å². The van der Waals surface area contributed by atoms with E-state index in [0.717, 1.165) is 0 Å². The highest BCUT2D eigenvalue weighted by molar-refractivity contribution is 6.34. The zero-order valence-corrected chi connectivity index (χ0v) is 7.50. The lowest BCUT2D eigenvalue weighted by Gasteiger charge is -2.19. The van der Waals surface area contributed by atoms with Gasteiger partial charge >= 0.3 is 0 Å². The van der Waals surface area contributed by atoms with Gasteiger partial charge in [0, 0.05) is 5.56 Å². The third-order valence-corrected chi connectivity index (χ3v) is 2.19. The molecular formula is C9H7ClO3. The van der Waals surface area contributed by atoms with E-state index >= 15 is 0 Å². The van der Waals surface area contributed by atoms with E-state index in [2.05, 4.69) is 0 Å². The normalized spacial score (nSPS) is 13.9. The number of ether oxygens (including phenoxy) is 2. The molecule has 13 heavy (non-hydrogen) atoms. The summed E-state index contributed by atoms with van der Waals surface area (Å²) in [6.07, 6.45) is 0.695. The molecule has 0 amide bonds. The molecule has 0 saturated heterocycles. The van der Waals surface area contributed by atoms with Crippen molar-refractivity contribution in [1.29, 1.82) is 0 Å². The number of hydrogen-bond acceptors (Lipinski definition) is 3. The van der Waals surface area contributed by atoms with Gasteiger partial charge in [-0.3, -0.25) is 4.79 Å². The average Bonchev–Trinajstić information content (AvgIpc) is 2.19. The van der Waals surface area contributed by atoms with E-state index < -0.39 is 0 Å². The Kier molecular flexibility index (Phi) is 2.10. The first-order valence-electron chi connectivity index (χ1n) is 3.86. The van der Waals surface area contributed by atoms with E-state index in [1.807, 2.05) is 0 Å². The fraction of sp³-hybridized carbons (Fsp3) is 0.222. The van der Waals surface area contributed by atoms with E-state index in [9.17, 15) is 4.79 Å². The van der Waals surface area contributed by atoms with Crippen molar-refractivity contribution in [1.82, 2.24) is 0 Å². The SMILES string of the molecule is O=Cc1ccc2c(c1Cl)OCCO2. The maximum atomic E-state index is 10.5. The Balaban J connectivity index is 2.54. The van der Waals surface area contributed by atoms with Gasteiger partial charge in [0.05, 0.1) is 5.02 Å². The van der Waals surface area contributed by atoms with E-state index in [0.29, 0.717) is 41.6 Å². The molecule has 0 aromatic heterocycles. The molecule has 1 aliphatic heterocycles. The van der Waals surface area contributed by atoms with Crippen LogP contribution < -0.4 is 9.47 Å². The van der Waals surface area contributed by atoms with Gasteiger partial charge < -0.3 is 9.47 Å². The molecule has 0 bridgehead atoms. The third kappa shape index (κ3) is 1.35. The second-order valence-electron chi connectivity index (χ2n) is 2.61. The van der Waals surface area contributed by atoms with Crippen molar-refractivity contribution in [3.8, 4) is 11.5 Å². The predicted octanol–water partition coefficient (Wildman–Crippen LogP) is 1.92. The van der Waals surface area contributed by atoms with Gasteiger partial charge in [0.2, 0.25) is 0 Å². The number of aldehydes is 1. The summed E-state index contributed by atoms with van der Waals surface area (Å²) in [5, 5.41) is 0.326. The summed E-state index contributed by atoms with van der Waals surface area (Å²) >= 11 is 5.89. The molecule has 1 aliphatic rings. The van der Waals surface area contributed by atoms with Crippen molar-refractivity contribution in [2.75, 3.05) is 13.2 Å². The Morgan fingerprint density at radius 2 is 2.08 bits per heavy atom. The number of hydrogen-bond donors (Lipinski definition) is 0. The topological polar surface area (TPSA) is 35.5 Å². The molecule has 0 aliphatic carbocycles. The smallest absolute Gasteiger partial charge is 0.180 e. The molecule has 4 heteroatoms. The highest BCUT2D eigenvalue weighted by Crippen LogP contribution is 2.38. The fourth-order valence-electron chi connectivity index (χ4n) is 1.19. The maximum Gasteiger partial charge on any atom is 0.180 e. The van der Waals surface area contributed by atoms with Crippen molar-refractivity contribution in [3.05, 3.63) is 22.7 Å². The Bertz CT molecular complexity index is 349. The first-order chi connectivity index (χ1) is 6.33. The minimum atomic E-state index is 0.326. The molecule has 0 spiro atoms. The number of fused-ring (bicyclic) bond motifs is 1. The fourth-order valence-corrected chi connectivity index (χ4v) is 1.44. The molecular weight excluding hydrogens is 192 g/mol. The molecule has 0 atom stereocenters. The molecule has 0 radical (unpaired) electrons. The lowest BCUT2D eigenvalue weighted by molar-refractivity contribution is 0.112. The molecule has 0 saturated carbocycles. The lowest BCUT2D eigenvalue weighted by atomic mass is 10.2. The number of carbonyl (C=O) groups is 1. The standard InChI is InChI=1S/C9H7ClO3/c10-8-6(5-11)1-2-7-9(8)13-4-3-12-7/h1-2,5H,3-4H2. The number of halogens is 1. The van der Waals surface area contributed by atoms with Crippen LogP contribution in [0, 0.1) is 0 Å². The number of benzene rings is 1. The summed E-state index contributed by atoms with van der Waals surface area (Å²) < 4.78 is 10.6. The first kappa shape index (κ1) is 8.38. The van der Waals surface area contributed by atoms with Gasteiger partial charge in [0.25, 0.3) is 0 Å². The predicted molar refractivity (Wildman–Crippen MR) is 47.8 cm³/mol. The Hall–Kier alpha value is -1.22. The van der Waals surface area contributed by atoms with Crippen molar-refractivity contribution in [2.45, 2.75) is 0 Å². The average molecular weight is 199 g/mol. The zero-order chi connectivity index (χ0) is 9.26. The molecule has 1 aromatic rings. The van der Waals surface area contributed by atoms with Crippen LogP contribution in [0.2, 0.25) is 5.02 Å². The summed E-state index contributed by atoms with van der Waals surface area (Å²) in [7, 11) is 0. The molecule has 0 unspecified atom stereocenters.